The maximum Gasteiger partial charge on any atom is 0.253 e. The molecule has 168 valence electrons. The molecule has 0 saturated carbocycles. The zero-order valence-corrected chi connectivity index (χ0v) is 19.3. The molecule has 0 saturated heterocycles. The van der Waals surface area contributed by atoms with Crippen molar-refractivity contribution in [2.45, 2.75) is 18.9 Å². The zero-order chi connectivity index (χ0) is 23.2. The number of nitrogens with one attached hydrogen (secondary N) is 1. The lowest BCUT2D eigenvalue weighted by Gasteiger charge is -2.19. The lowest BCUT2D eigenvalue weighted by atomic mass is 10.1. The predicted octanol–water partition coefficient (Wildman–Crippen LogP) is 5.10. The minimum absolute atomic E-state index is 0.0524. The number of anilines is 1. The Labute approximate surface area is 196 Å². The van der Waals surface area contributed by atoms with E-state index in [2.05, 4.69) is 15.3 Å². The van der Waals surface area contributed by atoms with Crippen LogP contribution < -0.4 is 5.32 Å². The maximum absolute atomic E-state index is 12.7. The van der Waals surface area contributed by atoms with Crippen LogP contribution in [-0.2, 0) is 4.79 Å². The summed E-state index contributed by atoms with van der Waals surface area (Å²) in [4.78, 5) is 36.2. The van der Waals surface area contributed by atoms with Crippen LogP contribution >= 0.6 is 11.8 Å². The minimum atomic E-state index is -0.185. The smallest absolute Gasteiger partial charge is 0.253 e. The first-order valence-corrected chi connectivity index (χ1v) is 11.7. The van der Waals surface area contributed by atoms with Gasteiger partial charge in [0.1, 0.15) is 5.03 Å². The first kappa shape index (κ1) is 22.5. The Hall–Kier alpha value is -3.65. The number of rotatable bonds is 8. The second kappa shape index (κ2) is 10.3. The highest BCUT2D eigenvalue weighted by atomic mass is 32.2. The van der Waals surface area contributed by atoms with Crippen molar-refractivity contribution in [1.82, 2.24) is 14.9 Å². The fourth-order valence-electron chi connectivity index (χ4n) is 3.43. The number of hydrogen-bond donors (Lipinski definition) is 1. The van der Waals surface area contributed by atoms with Gasteiger partial charge >= 0.3 is 0 Å². The molecule has 0 fully saturated rings. The van der Waals surface area contributed by atoms with Gasteiger partial charge in [-0.05, 0) is 50.2 Å². The number of thioether (sulfide) groups is 1. The Bertz CT molecular complexity index is 1270. The second-order valence-corrected chi connectivity index (χ2v) is 8.21. The van der Waals surface area contributed by atoms with Gasteiger partial charge in [0.05, 0.1) is 17.5 Å². The van der Waals surface area contributed by atoms with Crippen LogP contribution in [0.3, 0.4) is 0 Å². The molecule has 0 atom stereocenters. The van der Waals surface area contributed by atoms with E-state index in [1.807, 2.05) is 38.1 Å². The average molecular weight is 461 g/mol. The third-order valence-corrected chi connectivity index (χ3v) is 6.08. The Morgan fingerprint density at radius 1 is 1.00 bits per heavy atom. The quantitative estimate of drug-likeness (QED) is 0.291. The predicted molar refractivity (Wildman–Crippen MR) is 130 cm³/mol. The molecule has 0 unspecified atom stereocenters. The van der Waals surface area contributed by atoms with E-state index in [0.717, 1.165) is 10.9 Å². The molecule has 1 N–H and O–H groups in total. The first-order chi connectivity index (χ1) is 16.1. The number of carbonyl (C=O) groups excluding carboxylic acids is 2. The number of aromatic nitrogens is 2. The molecule has 0 spiro atoms. The summed E-state index contributed by atoms with van der Waals surface area (Å²) >= 11 is 1.33. The molecule has 2 amide bonds. The molecule has 0 aliphatic carbocycles. The number of furan rings is 1. The van der Waals surface area contributed by atoms with Gasteiger partial charge in [0.2, 0.25) is 5.91 Å². The van der Waals surface area contributed by atoms with Crippen LogP contribution in [0.2, 0.25) is 0 Å². The van der Waals surface area contributed by atoms with Crippen LogP contribution in [0.4, 0.5) is 5.69 Å². The summed E-state index contributed by atoms with van der Waals surface area (Å²) < 4.78 is 5.45. The van der Waals surface area contributed by atoms with E-state index in [-0.39, 0.29) is 17.6 Å². The molecule has 2 aromatic carbocycles. The van der Waals surface area contributed by atoms with Crippen molar-refractivity contribution in [3.63, 3.8) is 0 Å². The van der Waals surface area contributed by atoms with Gasteiger partial charge < -0.3 is 14.6 Å². The summed E-state index contributed by atoms with van der Waals surface area (Å²) in [6, 6.07) is 18.3. The van der Waals surface area contributed by atoms with Crippen molar-refractivity contribution in [3.05, 3.63) is 72.5 Å². The number of nitrogens with zero attached hydrogens (tertiary/aromatic N) is 3. The number of benzene rings is 2. The van der Waals surface area contributed by atoms with Crippen molar-refractivity contribution in [2.24, 2.45) is 0 Å². The molecule has 7 nitrogen and oxygen atoms in total. The molecule has 0 bridgehead atoms. The largest absolute Gasteiger partial charge is 0.461 e. The minimum Gasteiger partial charge on any atom is -0.461 e. The molecule has 0 aliphatic heterocycles. The standard InChI is InChI=1S/C25H24N4O3S/c1-3-29(4-2)25(31)17-9-7-10-18(15-17)26-22(30)16-33-24-19-11-5-6-12-20(19)27-23(28-24)21-13-8-14-32-21/h5-15H,3-4,16H2,1-2H3,(H,26,30). The van der Waals surface area contributed by atoms with Crippen LogP contribution in [0.5, 0.6) is 0 Å². The van der Waals surface area contributed by atoms with Crippen molar-refractivity contribution in [2.75, 3.05) is 24.2 Å². The SMILES string of the molecule is CCN(CC)C(=O)c1cccc(NC(=O)CSc2nc(-c3ccco3)nc3ccccc23)c1. The van der Waals surface area contributed by atoms with Crippen LogP contribution in [0.25, 0.3) is 22.5 Å². The maximum atomic E-state index is 12.7. The monoisotopic (exact) mass is 460 g/mol. The summed E-state index contributed by atoms with van der Waals surface area (Å²) in [6.45, 7) is 5.15. The lowest BCUT2D eigenvalue weighted by Crippen LogP contribution is -2.30. The number of amides is 2. The van der Waals surface area contributed by atoms with E-state index >= 15 is 0 Å². The molecular formula is C25H24N4O3S. The van der Waals surface area contributed by atoms with Gasteiger partial charge in [-0.1, -0.05) is 36.0 Å². The van der Waals surface area contributed by atoms with E-state index in [1.165, 1.54) is 11.8 Å². The number of hydrogen-bond acceptors (Lipinski definition) is 6. The van der Waals surface area contributed by atoms with Crippen LogP contribution in [0, 0.1) is 0 Å². The van der Waals surface area contributed by atoms with E-state index in [9.17, 15) is 9.59 Å². The van der Waals surface area contributed by atoms with Gasteiger partial charge in [0, 0.05) is 29.7 Å². The molecule has 8 heteroatoms. The highest BCUT2D eigenvalue weighted by Gasteiger charge is 2.15. The van der Waals surface area contributed by atoms with Gasteiger partial charge in [0.15, 0.2) is 11.6 Å². The van der Waals surface area contributed by atoms with Gasteiger partial charge in [-0.25, -0.2) is 9.97 Å². The molecule has 0 aliphatic rings. The number of fused-ring (bicyclic) bond motifs is 1. The molecule has 4 rings (SSSR count). The van der Waals surface area contributed by atoms with Crippen LogP contribution in [0.1, 0.15) is 24.2 Å². The summed E-state index contributed by atoms with van der Waals surface area (Å²) in [7, 11) is 0. The van der Waals surface area contributed by atoms with E-state index in [4.69, 9.17) is 4.42 Å². The normalized spacial score (nSPS) is 10.8. The third kappa shape index (κ3) is 5.23. The number of para-hydroxylation sites is 1. The van der Waals surface area contributed by atoms with Gasteiger partial charge in [-0.3, -0.25) is 9.59 Å². The molecule has 2 aromatic heterocycles. The van der Waals surface area contributed by atoms with Crippen molar-refractivity contribution >= 4 is 40.2 Å². The van der Waals surface area contributed by atoms with Gasteiger partial charge in [-0.2, -0.15) is 0 Å². The highest BCUT2D eigenvalue weighted by Crippen LogP contribution is 2.28. The topological polar surface area (TPSA) is 88.3 Å². The Morgan fingerprint density at radius 3 is 2.58 bits per heavy atom. The van der Waals surface area contributed by atoms with E-state index in [1.54, 1.807) is 47.6 Å². The van der Waals surface area contributed by atoms with Crippen molar-refractivity contribution < 1.29 is 14.0 Å². The fraction of sp³-hybridized carbons (Fsp3) is 0.200. The van der Waals surface area contributed by atoms with Crippen LogP contribution in [0.15, 0.2) is 76.4 Å². The molecule has 2 heterocycles. The fourth-order valence-corrected chi connectivity index (χ4v) is 4.25. The summed E-state index contributed by atoms with van der Waals surface area (Å²) in [5.74, 6) is 0.969. The summed E-state index contributed by atoms with van der Waals surface area (Å²) in [5.41, 5.74) is 1.92. The summed E-state index contributed by atoms with van der Waals surface area (Å²) in [6.07, 6.45) is 1.58. The highest BCUT2D eigenvalue weighted by molar-refractivity contribution is 8.00. The Morgan fingerprint density at radius 2 is 1.82 bits per heavy atom. The number of carbonyl (C=O) groups is 2. The van der Waals surface area contributed by atoms with E-state index in [0.29, 0.717) is 41.0 Å². The lowest BCUT2D eigenvalue weighted by molar-refractivity contribution is -0.113. The average Bonchev–Trinajstić information content (AvgIpc) is 3.38. The second-order valence-electron chi connectivity index (χ2n) is 7.24. The van der Waals surface area contributed by atoms with Crippen molar-refractivity contribution in [1.29, 1.82) is 0 Å². The Balaban J connectivity index is 1.49. The van der Waals surface area contributed by atoms with Crippen LogP contribution in [-0.4, -0.2) is 45.5 Å². The Kier molecular flexibility index (Phi) is 7.04. The molecule has 4 aromatic rings. The molecular weight excluding hydrogens is 436 g/mol. The molecule has 0 radical (unpaired) electrons. The molecule has 33 heavy (non-hydrogen) atoms. The van der Waals surface area contributed by atoms with Crippen molar-refractivity contribution in [3.8, 4) is 11.6 Å². The van der Waals surface area contributed by atoms with Gasteiger partial charge in [0.25, 0.3) is 5.91 Å². The van der Waals surface area contributed by atoms with Gasteiger partial charge in [-0.15, -0.1) is 0 Å². The van der Waals surface area contributed by atoms with E-state index < -0.39 is 0 Å². The first-order valence-electron chi connectivity index (χ1n) is 10.7. The summed E-state index contributed by atoms with van der Waals surface area (Å²) in [5, 5.41) is 4.45. The third-order valence-electron chi connectivity index (χ3n) is 5.09. The zero-order valence-electron chi connectivity index (χ0n) is 18.4.